The number of nitriles is 1. The van der Waals surface area contributed by atoms with Gasteiger partial charge in [-0.2, -0.15) is 18.4 Å². The monoisotopic (exact) mass is 482 g/mol. The van der Waals surface area contributed by atoms with E-state index in [0.717, 1.165) is 17.0 Å². The molecule has 1 amide bonds. The van der Waals surface area contributed by atoms with Crippen LogP contribution in [0.25, 0.3) is 11.1 Å². The summed E-state index contributed by atoms with van der Waals surface area (Å²) in [5, 5.41) is 19.0. The van der Waals surface area contributed by atoms with Crippen LogP contribution in [0.1, 0.15) is 45.9 Å². The molecule has 3 aromatic carbocycles. The summed E-state index contributed by atoms with van der Waals surface area (Å²) in [5.74, 6) is -2.34. The van der Waals surface area contributed by atoms with E-state index in [-0.39, 0.29) is 35.1 Å². The van der Waals surface area contributed by atoms with E-state index < -0.39 is 41.5 Å². The van der Waals surface area contributed by atoms with Gasteiger partial charge in [0.2, 0.25) is 0 Å². The van der Waals surface area contributed by atoms with Crippen molar-refractivity contribution in [1.82, 2.24) is 4.90 Å². The van der Waals surface area contributed by atoms with Gasteiger partial charge in [0.05, 0.1) is 23.2 Å². The highest BCUT2D eigenvalue weighted by atomic mass is 19.4. The molecule has 35 heavy (non-hydrogen) atoms. The van der Waals surface area contributed by atoms with Crippen molar-refractivity contribution in [2.45, 2.75) is 31.1 Å². The standard InChI is InChI=1S/C26H18F4N2O3/c27-21-4-2-1-3-20(21)22-11-12-23(25(34)35)32(22)24(33)16-7-5-15(6-8-16)19-10-9-18(26(28,29)30)13-17(19)14-31/h1-10,13,22-23H,11-12H2,(H,34,35)/t22-,23+/m1/s1. The van der Waals surface area contributed by atoms with Crippen molar-refractivity contribution in [3.63, 3.8) is 0 Å². The molecule has 4 rings (SSSR count). The average molecular weight is 482 g/mol. The number of hydrogen-bond acceptors (Lipinski definition) is 3. The second-order valence-corrected chi connectivity index (χ2v) is 8.13. The van der Waals surface area contributed by atoms with Crippen molar-refractivity contribution < 1.29 is 32.3 Å². The number of hydrogen-bond donors (Lipinski definition) is 1. The minimum absolute atomic E-state index is 0.133. The third-order valence-corrected chi connectivity index (χ3v) is 6.08. The normalized spacial score (nSPS) is 17.7. The maximum absolute atomic E-state index is 14.4. The number of likely N-dealkylation sites (tertiary alicyclic amines) is 1. The lowest BCUT2D eigenvalue weighted by molar-refractivity contribution is -0.141. The molecule has 1 saturated heterocycles. The van der Waals surface area contributed by atoms with Crippen molar-refractivity contribution >= 4 is 11.9 Å². The molecule has 5 nitrogen and oxygen atoms in total. The highest BCUT2D eigenvalue weighted by molar-refractivity contribution is 5.97. The van der Waals surface area contributed by atoms with Gasteiger partial charge in [-0.3, -0.25) is 4.79 Å². The maximum Gasteiger partial charge on any atom is 0.416 e. The molecule has 1 aliphatic rings. The molecular formula is C26H18F4N2O3. The summed E-state index contributed by atoms with van der Waals surface area (Å²) >= 11 is 0. The zero-order valence-corrected chi connectivity index (χ0v) is 18.1. The summed E-state index contributed by atoms with van der Waals surface area (Å²) in [6.07, 6.45) is -4.15. The van der Waals surface area contributed by atoms with Gasteiger partial charge in [0.15, 0.2) is 0 Å². The predicted molar refractivity (Wildman–Crippen MR) is 118 cm³/mol. The Labute approximate surface area is 197 Å². The number of carboxylic acids is 1. The van der Waals surface area contributed by atoms with Crippen LogP contribution >= 0.6 is 0 Å². The summed E-state index contributed by atoms with van der Waals surface area (Å²) in [5.41, 5.74) is -0.0955. The number of alkyl halides is 3. The van der Waals surface area contributed by atoms with Crippen LogP contribution in [0, 0.1) is 17.1 Å². The van der Waals surface area contributed by atoms with Gasteiger partial charge in [0.25, 0.3) is 5.91 Å². The molecule has 1 aliphatic heterocycles. The topological polar surface area (TPSA) is 81.4 Å². The van der Waals surface area contributed by atoms with Gasteiger partial charge in [0.1, 0.15) is 11.9 Å². The van der Waals surface area contributed by atoms with Gasteiger partial charge in [0, 0.05) is 11.1 Å². The van der Waals surface area contributed by atoms with Crippen molar-refractivity contribution in [1.29, 1.82) is 5.26 Å². The molecule has 0 spiro atoms. The fraction of sp³-hybridized carbons (Fsp3) is 0.192. The first-order valence-corrected chi connectivity index (χ1v) is 10.6. The molecule has 1 fully saturated rings. The SMILES string of the molecule is N#Cc1cc(C(F)(F)F)ccc1-c1ccc(C(=O)N2[C@@H](c3ccccc3F)CC[C@H]2C(=O)O)cc1. The number of benzene rings is 3. The minimum Gasteiger partial charge on any atom is -0.480 e. The largest absolute Gasteiger partial charge is 0.480 e. The number of rotatable bonds is 4. The Morgan fingerprint density at radius 3 is 2.29 bits per heavy atom. The Morgan fingerprint density at radius 1 is 1.00 bits per heavy atom. The molecule has 9 heteroatoms. The van der Waals surface area contributed by atoms with Crippen LogP contribution in [0.15, 0.2) is 66.7 Å². The second-order valence-electron chi connectivity index (χ2n) is 8.13. The number of carboxylic acid groups (broad SMARTS) is 1. The Kier molecular flexibility index (Phi) is 6.31. The van der Waals surface area contributed by atoms with Crippen molar-refractivity contribution in [2.75, 3.05) is 0 Å². The first-order valence-electron chi connectivity index (χ1n) is 10.6. The first-order chi connectivity index (χ1) is 16.6. The molecule has 0 unspecified atom stereocenters. The molecule has 3 aromatic rings. The lowest BCUT2D eigenvalue weighted by atomic mass is 9.96. The predicted octanol–water partition coefficient (Wildman–Crippen LogP) is 5.81. The van der Waals surface area contributed by atoms with E-state index >= 15 is 0 Å². The van der Waals surface area contributed by atoms with Gasteiger partial charge >= 0.3 is 12.1 Å². The third kappa shape index (κ3) is 4.60. The Bertz CT molecular complexity index is 1330. The molecule has 1 N–H and O–H groups in total. The lowest BCUT2D eigenvalue weighted by Crippen LogP contribution is -2.42. The highest BCUT2D eigenvalue weighted by Crippen LogP contribution is 2.39. The Morgan fingerprint density at radius 2 is 1.69 bits per heavy atom. The molecule has 0 radical (unpaired) electrons. The quantitative estimate of drug-likeness (QED) is 0.476. The number of carbonyl (C=O) groups excluding carboxylic acids is 1. The van der Waals surface area contributed by atoms with Crippen LogP contribution in [0.3, 0.4) is 0 Å². The number of halogens is 4. The second kappa shape index (κ2) is 9.22. The van der Waals surface area contributed by atoms with Gasteiger partial charge in [-0.25, -0.2) is 9.18 Å². The molecule has 0 aromatic heterocycles. The van der Waals surface area contributed by atoms with Crippen LogP contribution < -0.4 is 0 Å². The fourth-order valence-electron chi connectivity index (χ4n) is 4.39. The van der Waals surface area contributed by atoms with Crippen LogP contribution in [-0.2, 0) is 11.0 Å². The van der Waals surface area contributed by atoms with E-state index in [2.05, 4.69) is 0 Å². The number of aliphatic carboxylic acids is 1. The summed E-state index contributed by atoms with van der Waals surface area (Å²) in [6, 6.07) is 14.3. The van der Waals surface area contributed by atoms with Gasteiger partial charge in [-0.05, 0) is 54.3 Å². The van der Waals surface area contributed by atoms with E-state index in [0.29, 0.717) is 5.56 Å². The van der Waals surface area contributed by atoms with Crippen LogP contribution in [0.4, 0.5) is 17.6 Å². The maximum atomic E-state index is 14.4. The Balaban J connectivity index is 1.67. The molecule has 0 saturated carbocycles. The molecule has 1 heterocycles. The summed E-state index contributed by atoms with van der Waals surface area (Å²) < 4.78 is 53.4. The van der Waals surface area contributed by atoms with E-state index in [1.165, 1.54) is 48.5 Å². The van der Waals surface area contributed by atoms with Gasteiger partial charge in [-0.1, -0.05) is 36.4 Å². The zero-order chi connectivity index (χ0) is 25.3. The Hall–Kier alpha value is -4.19. The van der Waals surface area contributed by atoms with E-state index in [4.69, 9.17) is 0 Å². The fourth-order valence-corrected chi connectivity index (χ4v) is 4.39. The van der Waals surface area contributed by atoms with Crippen molar-refractivity contribution in [2.24, 2.45) is 0 Å². The summed E-state index contributed by atoms with van der Waals surface area (Å²) in [7, 11) is 0. The van der Waals surface area contributed by atoms with Crippen molar-refractivity contribution in [3.05, 3.63) is 94.8 Å². The van der Waals surface area contributed by atoms with Crippen LogP contribution in [0.2, 0.25) is 0 Å². The molecule has 0 aliphatic carbocycles. The highest BCUT2D eigenvalue weighted by Gasteiger charge is 2.42. The van der Waals surface area contributed by atoms with Gasteiger partial charge < -0.3 is 10.0 Å². The lowest BCUT2D eigenvalue weighted by Gasteiger charge is -2.29. The smallest absolute Gasteiger partial charge is 0.416 e. The number of carbonyl (C=O) groups is 2. The van der Waals surface area contributed by atoms with Gasteiger partial charge in [-0.15, -0.1) is 0 Å². The number of nitrogens with zero attached hydrogens (tertiary/aromatic N) is 2. The molecule has 178 valence electrons. The van der Waals surface area contributed by atoms with Crippen LogP contribution in [-0.4, -0.2) is 27.9 Å². The summed E-state index contributed by atoms with van der Waals surface area (Å²) in [4.78, 5) is 26.3. The molecule has 0 bridgehead atoms. The van der Waals surface area contributed by atoms with E-state index in [1.807, 2.05) is 0 Å². The molecule has 2 atom stereocenters. The summed E-state index contributed by atoms with van der Waals surface area (Å²) in [6.45, 7) is 0. The van der Waals surface area contributed by atoms with Crippen LogP contribution in [0.5, 0.6) is 0 Å². The third-order valence-electron chi connectivity index (χ3n) is 6.08. The minimum atomic E-state index is -4.59. The molecular weight excluding hydrogens is 464 g/mol. The van der Waals surface area contributed by atoms with Crippen molar-refractivity contribution in [3.8, 4) is 17.2 Å². The average Bonchev–Trinajstić information content (AvgIpc) is 3.28. The van der Waals surface area contributed by atoms with E-state index in [1.54, 1.807) is 12.1 Å². The van der Waals surface area contributed by atoms with E-state index in [9.17, 15) is 37.5 Å². The number of amides is 1. The first kappa shape index (κ1) is 24.0. The zero-order valence-electron chi connectivity index (χ0n) is 18.1.